The molecule has 1 aliphatic rings. The predicted molar refractivity (Wildman–Crippen MR) is 77.0 cm³/mol. The van der Waals surface area contributed by atoms with Crippen LogP contribution in [0.4, 0.5) is 11.4 Å². The lowest BCUT2D eigenvalue weighted by molar-refractivity contribution is -0.384. The molecule has 0 saturated carbocycles. The minimum Gasteiger partial charge on any atom is -0.380 e. The van der Waals surface area contributed by atoms with Gasteiger partial charge in [-0.2, -0.15) is 0 Å². The minimum absolute atomic E-state index is 0.00197. The van der Waals surface area contributed by atoms with Gasteiger partial charge in [-0.15, -0.1) is 0 Å². The van der Waals surface area contributed by atoms with Crippen LogP contribution in [0.1, 0.15) is 37.0 Å². The Morgan fingerprint density at radius 2 is 2.30 bits per heavy atom. The Balaban J connectivity index is 2.30. The van der Waals surface area contributed by atoms with Crippen molar-refractivity contribution in [1.82, 2.24) is 4.90 Å². The van der Waals surface area contributed by atoms with Gasteiger partial charge in [-0.25, -0.2) is 0 Å². The molecule has 0 spiro atoms. The average molecular weight is 277 g/mol. The number of nitrogens with zero attached hydrogens (tertiary/aromatic N) is 2. The van der Waals surface area contributed by atoms with Crippen LogP contribution in [0.25, 0.3) is 0 Å². The number of anilines is 1. The Labute approximate surface area is 117 Å². The first-order valence-electron chi connectivity index (χ1n) is 6.88. The first-order chi connectivity index (χ1) is 9.54. The van der Waals surface area contributed by atoms with Crippen molar-refractivity contribution in [3.63, 3.8) is 0 Å². The van der Waals surface area contributed by atoms with Gasteiger partial charge in [0.2, 0.25) is 0 Å². The summed E-state index contributed by atoms with van der Waals surface area (Å²) in [5.74, 6) is -0.0518. The zero-order chi connectivity index (χ0) is 14.7. The first-order valence-corrected chi connectivity index (χ1v) is 6.88. The van der Waals surface area contributed by atoms with Gasteiger partial charge in [0, 0.05) is 30.8 Å². The Morgan fingerprint density at radius 1 is 1.55 bits per heavy atom. The maximum absolute atomic E-state index is 12.4. The molecule has 2 rings (SSSR count). The van der Waals surface area contributed by atoms with Gasteiger partial charge in [0.1, 0.15) is 5.69 Å². The van der Waals surface area contributed by atoms with Crippen molar-refractivity contribution in [2.45, 2.75) is 32.7 Å². The van der Waals surface area contributed by atoms with Gasteiger partial charge in [-0.05, 0) is 38.8 Å². The molecule has 6 nitrogen and oxygen atoms in total. The molecule has 1 atom stereocenters. The lowest BCUT2D eigenvalue weighted by Crippen LogP contribution is -2.33. The third kappa shape index (κ3) is 2.74. The highest BCUT2D eigenvalue weighted by Gasteiger charge is 2.27. The number of nitrogens with one attached hydrogen (secondary N) is 1. The highest BCUT2D eigenvalue weighted by molar-refractivity contribution is 5.96. The van der Waals surface area contributed by atoms with Crippen LogP contribution in [0.15, 0.2) is 18.2 Å². The van der Waals surface area contributed by atoms with E-state index in [-0.39, 0.29) is 17.6 Å². The van der Waals surface area contributed by atoms with Crippen LogP contribution < -0.4 is 5.32 Å². The van der Waals surface area contributed by atoms with E-state index < -0.39 is 4.92 Å². The standard InChI is InChI=1S/C14H19N3O3/c1-3-15-12-9-11(6-7-13(12)17(19)20)14(18)16-8-4-5-10(16)2/h6-7,9-10,15H,3-5,8H2,1-2H3. The van der Waals surface area contributed by atoms with E-state index in [1.807, 2.05) is 18.7 Å². The van der Waals surface area contributed by atoms with Gasteiger partial charge < -0.3 is 10.2 Å². The average Bonchev–Trinajstić information content (AvgIpc) is 2.84. The number of amides is 1. The molecular weight excluding hydrogens is 258 g/mol. The summed E-state index contributed by atoms with van der Waals surface area (Å²) in [6.45, 7) is 5.22. The molecule has 1 fully saturated rings. The van der Waals surface area contributed by atoms with Gasteiger partial charge in [-0.3, -0.25) is 14.9 Å². The fourth-order valence-electron chi connectivity index (χ4n) is 2.56. The number of benzene rings is 1. The monoisotopic (exact) mass is 277 g/mol. The fourth-order valence-corrected chi connectivity index (χ4v) is 2.56. The van der Waals surface area contributed by atoms with Crippen molar-refractivity contribution in [2.24, 2.45) is 0 Å². The third-order valence-corrected chi connectivity index (χ3v) is 3.62. The molecule has 0 bridgehead atoms. The number of carbonyl (C=O) groups excluding carboxylic acids is 1. The molecular formula is C14H19N3O3. The van der Waals surface area contributed by atoms with Crippen molar-refractivity contribution in [3.05, 3.63) is 33.9 Å². The number of likely N-dealkylation sites (tertiary alicyclic amines) is 1. The van der Waals surface area contributed by atoms with E-state index in [1.165, 1.54) is 12.1 Å². The van der Waals surface area contributed by atoms with Crippen LogP contribution in [0.3, 0.4) is 0 Å². The molecule has 6 heteroatoms. The summed E-state index contributed by atoms with van der Waals surface area (Å²) in [5, 5.41) is 13.9. The summed E-state index contributed by atoms with van der Waals surface area (Å²) >= 11 is 0. The van der Waals surface area contributed by atoms with Crippen molar-refractivity contribution in [2.75, 3.05) is 18.4 Å². The quantitative estimate of drug-likeness (QED) is 0.678. The van der Waals surface area contributed by atoms with Crippen LogP contribution in [0.5, 0.6) is 0 Å². The van der Waals surface area contributed by atoms with Gasteiger partial charge >= 0.3 is 0 Å². The summed E-state index contributed by atoms with van der Waals surface area (Å²) in [7, 11) is 0. The second-order valence-corrected chi connectivity index (χ2v) is 5.01. The number of rotatable bonds is 4. The smallest absolute Gasteiger partial charge is 0.292 e. The van der Waals surface area contributed by atoms with Crippen molar-refractivity contribution >= 4 is 17.3 Å². The van der Waals surface area contributed by atoms with Crippen molar-refractivity contribution < 1.29 is 9.72 Å². The fraction of sp³-hybridized carbons (Fsp3) is 0.500. The molecule has 108 valence electrons. The van der Waals surface area contributed by atoms with E-state index in [9.17, 15) is 14.9 Å². The molecule has 1 heterocycles. The molecule has 0 aliphatic carbocycles. The lowest BCUT2D eigenvalue weighted by atomic mass is 10.1. The molecule has 1 amide bonds. The van der Waals surface area contributed by atoms with Gasteiger partial charge in [0.05, 0.1) is 4.92 Å². The van der Waals surface area contributed by atoms with E-state index in [1.54, 1.807) is 6.07 Å². The minimum atomic E-state index is -0.440. The Morgan fingerprint density at radius 3 is 2.85 bits per heavy atom. The molecule has 1 aliphatic heterocycles. The Bertz CT molecular complexity index is 530. The second-order valence-electron chi connectivity index (χ2n) is 5.01. The number of carbonyl (C=O) groups is 1. The van der Waals surface area contributed by atoms with Crippen molar-refractivity contribution in [1.29, 1.82) is 0 Å². The lowest BCUT2D eigenvalue weighted by Gasteiger charge is -2.21. The first kappa shape index (κ1) is 14.3. The van der Waals surface area contributed by atoms with Gasteiger partial charge in [-0.1, -0.05) is 0 Å². The number of hydrogen-bond acceptors (Lipinski definition) is 4. The van der Waals surface area contributed by atoms with Crippen LogP contribution >= 0.6 is 0 Å². The number of nitro benzene ring substituents is 1. The van der Waals surface area contributed by atoms with E-state index in [4.69, 9.17) is 0 Å². The van der Waals surface area contributed by atoms with Crippen LogP contribution in [-0.4, -0.2) is 34.9 Å². The highest BCUT2D eigenvalue weighted by Crippen LogP contribution is 2.27. The Kier molecular flexibility index (Phi) is 4.22. The summed E-state index contributed by atoms with van der Waals surface area (Å²) in [5.41, 5.74) is 0.897. The highest BCUT2D eigenvalue weighted by atomic mass is 16.6. The molecule has 1 aromatic carbocycles. The largest absolute Gasteiger partial charge is 0.380 e. The summed E-state index contributed by atoms with van der Waals surface area (Å²) in [4.78, 5) is 24.8. The zero-order valence-electron chi connectivity index (χ0n) is 11.8. The zero-order valence-corrected chi connectivity index (χ0v) is 11.8. The van der Waals surface area contributed by atoms with Gasteiger partial charge in [0.15, 0.2) is 0 Å². The van der Waals surface area contributed by atoms with Crippen LogP contribution in [0, 0.1) is 10.1 Å². The molecule has 20 heavy (non-hydrogen) atoms. The predicted octanol–water partition coefficient (Wildman–Crippen LogP) is 2.65. The van der Waals surface area contributed by atoms with Crippen molar-refractivity contribution in [3.8, 4) is 0 Å². The SMILES string of the molecule is CCNc1cc(C(=O)N2CCCC2C)ccc1[N+](=O)[O-]. The summed E-state index contributed by atoms with van der Waals surface area (Å²) < 4.78 is 0. The Hall–Kier alpha value is -2.11. The topological polar surface area (TPSA) is 75.5 Å². The van der Waals surface area contributed by atoms with Gasteiger partial charge in [0.25, 0.3) is 11.6 Å². The van der Waals surface area contributed by atoms with E-state index in [0.717, 1.165) is 19.4 Å². The van der Waals surface area contributed by atoms with E-state index in [2.05, 4.69) is 5.32 Å². The maximum Gasteiger partial charge on any atom is 0.292 e. The maximum atomic E-state index is 12.4. The van der Waals surface area contributed by atoms with E-state index >= 15 is 0 Å². The molecule has 0 radical (unpaired) electrons. The molecule has 1 aromatic rings. The second kappa shape index (κ2) is 5.90. The normalized spacial score (nSPS) is 18.1. The van der Waals surface area contributed by atoms with E-state index in [0.29, 0.717) is 17.8 Å². The molecule has 1 N–H and O–H groups in total. The van der Waals surface area contributed by atoms with Crippen LogP contribution in [-0.2, 0) is 0 Å². The summed E-state index contributed by atoms with van der Waals surface area (Å²) in [6, 6.07) is 4.74. The number of hydrogen-bond donors (Lipinski definition) is 1. The molecule has 1 unspecified atom stereocenters. The molecule has 1 saturated heterocycles. The third-order valence-electron chi connectivity index (χ3n) is 3.62. The number of nitro groups is 1. The summed E-state index contributed by atoms with van der Waals surface area (Å²) in [6.07, 6.45) is 2.03. The molecule has 0 aromatic heterocycles. The van der Waals surface area contributed by atoms with Crippen LogP contribution in [0.2, 0.25) is 0 Å².